The average Bonchev–Trinajstić information content (AvgIpc) is 2.92. The lowest BCUT2D eigenvalue weighted by Gasteiger charge is -2.08. The highest BCUT2D eigenvalue weighted by molar-refractivity contribution is 5.59. The topological polar surface area (TPSA) is 36.9 Å². The molecular weight excluding hydrogens is 232 g/mol. The smallest absolute Gasteiger partial charge is 0.161 e. The third kappa shape index (κ3) is 3.24. The first-order valence-electron chi connectivity index (χ1n) is 5.95. The van der Waals surface area contributed by atoms with Gasteiger partial charge in [-0.15, -0.1) is 0 Å². The van der Waals surface area contributed by atoms with E-state index in [1.54, 1.807) is 14.2 Å². The molecule has 0 atom stereocenters. The molecule has 0 radical (unpaired) electrons. The fourth-order valence-corrected chi connectivity index (χ4v) is 1.82. The second-order valence-electron chi connectivity index (χ2n) is 3.92. The monoisotopic (exact) mass is 250 g/mol. The van der Waals surface area contributed by atoms with Crippen molar-refractivity contribution in [2.75, 3.05) is 27.4 Å². The van der Waals surface area contributed by atoms with Crippen LogP contribution in [-0.2, 0) is 9.47 Å². The molecule has 0 N–H and O–H groups in total. The highest BCUT2D eigenvalue weighted by Crippen LogP contribution is 2.25. The minimum absolute atomic E-state index is 0.113. The van der Waals surface area contributed by atoms with Crippen LogP contribution in [0.25, 0.3) is 6.08 Å². The van der Waals surface area contributed by atoms with E-state index in [9.17, 15) is 0 Å². The number of rotatable bonds is 5. The lowest BCUT2D eigenvalue weighted by molar-refractivity contribution is -0.0379. The molecule has 4 nitrogen and oxygen atoms in total. The Morgan fingerprint density at radius 3 is 2.67 bits per heavy atom. The number of ether oxygens (including phenoxy) is 4. The van der Waals surface area contributed by atoms with Crippen LogP contribution in [0.2, 0.25) is 0 Å². The van der Waals surface area contributed by atoms with Gasteiger partial charge in [0.2, 0.25) is 0 Å². The van der Waals surface area contributed by atoms with Crippen molar-refractivity contribution in [3.05, 3.63) is 29.8 Å². The largest absolute Gasteiger partial charge is 0.497 e. The third-order valence-electron chi connectivity index (χ3n) is 2.75. The molecule has 0 bridgehead atoms. The van der Waals surface area contributed by atoms with Crippen molar-refractivity contribution in [1.82, 2.24) is 0 Å². The molecule has 0 amide bonds. The van der Waals surface area contributed by atoms with Crippen LogP contribution in [0.4, 0.5) is 0 Å². The third-order valence-corrected chi connectivity index (χ3v) is 2.75. The molecule has 0 aromatic heterocycles. The minimum Gasteiger partial charge on any atom is -0.497 e. The Balaban J connectivity index is 2.03. The Labute approximate surface area is 107 Å². The van der Waals surface area contributed by atoms with Crippen LogP contribution in [0.5, 0.6) is 11.5 Å². The number of benzene rings is 1. The van der Waals surface area contributed by atoms with Gasteiger partial charge in [-0.25, -0.2) is 0 Å². The summed E-state index contributed by atoms with van der Waals surface area (Å²) < 4.78 is 21.2. The molecule has 0 saturated carbocycles. The lowest BCUT2D eigenvalue weighted by atomic mass is 10.1. The van der Waals surface area contributed by atoms with Gasteiger partial charge in [0.15, 0.2) is 6.29 Å². The van der Waals surface area contributed by atoms with Gasteiger partial charge in [-0.2, -0.15) is 0 Å². The summed E-state index contributed by atoms with van der Waals surface area (Å²) in [5, 5.41) is 0. The highest BCUT2D eigenvalue weighted by Gasteiger charge is 2.13. The quantitative estimate of drug-likeness (QED) is 0.804. The maximum absolute atomic E-state index is 5.36. The van der Waals surface area contributed by atoms with Crippen LogP contribution in [0.15, 0.2) is 24.3 Å². The van der Waals surface area contributed by atoms with Gasteiger partial charge in [-0.1, -0.05) is 12.2 Å². The zero-order valence-corrected chi connectivity index (χ0v) is 10.7. The molecule has 1 aromatic carbocycles. The van der Waals surface area contributed by atoms with Crippen LogP contribution >= 0.6 is 0 Å². The Bertz CT molecular complexity index is 408. The van der Waals surface area contributed by atoms with Crippen LogP contribution < -0.4 is 9.47 Å². The molecule has 1 aliphatic heterocycles. The SMILES string of the molecule is COc1ccc(OC)c(/C=C/CC2OCCO2)c1. The van der Waals surface area contributed by atoms with E-state index in [0.717, 1.165) is 23.5 Å². The average molecular weight is 250 g/mol. The van der Waals surface area contributed by atoms with Crippen molar-refractivity contribution in [3.63, 3.8) is 0 Å². The maximum atomic E-state index is 5.36. The highest BCUT2D eigenvalue weighted by atomic mass is 16.7. The van der Waals surface area contributed by atoms with Gasteiger partial charge < -0.3 is 18.9 Å². The van der Waals surface area contributed by atoms with Crippen molar-refractivity contribution in [1.29, 1.82) is 0 Å². The molecule has 98 valence electrons. The molecule has 1 heterocycles. The van der Waals surface area contributed by atoms with E-state index < -0.39 is 0 Å². The summed E-state index contributed by atoms with van der Waals surface area (Å²) in [4.78, 5) is 0. The molecule has 0 aliphatic carbocycles. The molecule has 0 spiro atoms. The van der Waals surface area contributed by atoms with E-state index >= 15 is 0 Å². The van der Waals surface area contributed by atoms with E-state index in [0.29, 0.717) is 13.2 Å². The Morgan fingerprint density at radius 2 is 2.00 bits per heavy atom. The second-order valence-corrected chi connectivity index (χ2v) is 3.92. The number of methoxy groups -OCH3 is 2. The van der Waals surface area contributed by atoms with Crippen LogP contribution in [0, 0.1) is 0 Å². The van der Waals surface area contributed by atoms with Crippen LogP contribution in [0.1, 0.15) is 12.0 Å². The van der Waals surface area contributed by atoms with Gasteiger partial charge in [0, 0.05) is 12.0 Å². The van der Waals surface area contributed by atoms with E-state index in [1.807, 2.05) is 30.4 Å². The van der Waals surface area contributed by atoms with Gasteiger partial charge in [0.25, 0.3) is 0 Å². The summed E-state index contributed by atoms with van der Waals surface area (Å²) >= 11 is 0. The molecule has 0 unspecified atom stereocenters. The van der Waals surface area contributed by atoms with Gasteiger partial charge in [0.1, 0.15) is 11.5 Å². The Kier molecular flexibility index (Phi) is 4.61. The first-order valence-corrected chi connectivity index (χ1v) is 5.95. The summed E-state index contributed by atoms with van der Waals surface area (Å²) in [6.45, 7) is 1.36. The minimum atomic E-state index is -0.113. The lowest BCUT2D eigenvalue weighted by Crippen LogP contribution is -2.04. The van der Waals surface area contributed by atoms with Gasteiger partial charge in [0.05, 0.1) is 27.4 Å². The zero-order valence-electron chi connectivity index (χ0n) is 10.7. The van der Waals surface area contributed by atoms with E-state index in [2.05, 4.69) is 0 Å². The number of hydrogen-bond acceptors (Lipinski definition) is 4. The second kappa shape index (κ2) is 6.42. The molecule has 1 aliphatic rings. The van der Waals surface area contributed by atoms with E-state index in [1.165, 1.54) is 0 Å². The van der Waals surface area contributed by atoms with Gasteiger partial charge >= 0.3 is 0 Å². The fourth-order valence-electron chi connectivity index (χ4n) is 1.82. The van der Waals surface area contributed by atoms with Crippen molar-refractivity contribution in [2.45, 2.75) is 12.7 Å². The zero-order chi connectivity index (χ0) is 12.8. The summed E-state index contributed by atoms with van der Waals surface area (Å²) in [6.07, 6.45) is 4.64. The van der Waals surface area contributed by atoms with Crippen molar-refractivity contribution in [2.24, 2.45) is 0 Å². The standard InChI is InChI=1S/C14H18O4/c1-15-12-6-7-13(16-2)11(10-12)4-3-5-14-17-8-9-18-14/h3-4,6-7,10,14H,5,8-9H2,1-2H3/b4-3+. The normalized spacial score (nSPS) is 16.3. The fraction of sp³-hybridized carbons (Fsp3) is 0.429. The van der Waals surface area contributed by atoms with Gasteiger partial charge in [-0.3, -0.25) is 0 Å². The molecule has 1 fully saturated rings. The first kappa shape index (κ1) is 12.9. The van der Waals surface area contributed by atoms with E-state index in [4.69, 9.17) is 18.9 Å². The maximum Gasteiger partial charge on any atom is 0.161 e. The Hall–Kier alpha value is -1.52. The summed E-state index contributed by atoms with van der Waals surface area (Å²) in [5.41, 5.74) is 0.981. The molecule has 1 saturated heterocycles. The van der Waals surface area contributed by atoms with Crippen molar-refractivity contribution >= 4 is 6.08 Å². The summed E-state index contributed by atoms with van der Waals surface area (Å²) in [5.74, 6) is 1.63. The molecule has 4 heteroatoms. The predicted molar refractivity (Wildman–Crippen MR) is 68.9 cm³/mol. The molecule has 2 rings (SSSR count). The number of hydrogen-bond donors (Lipinski definition) is 0. The van der Waals surface area contributed by atoms with Gasteiger partial charge in [-0.05, 0) is 18.2 Å². The molecule has 18 heavy (non-hydrogen) atoms. The van der Waals surface area contributed by atoms with E-state index in [-0.39, 0.29) is 6.29 Å². The van der Waals surface area contributed by atoms with Crippen molar-refractivity contribution in [3.8, 4) is 11.5 Å². The summed E-state index contributed by atoms with van der Waals surface area (Å²) in [7, 11) is 3.30. The predicted octanol–water partition coefficient (Wildman–Crippen LogP) is 2.48. The first-order chi connectivity index (χ1) is 8.83. The van der Waals surface area contributed by atoms with Crippen molar-refractivity contribution < 1.29 is 18.9 Å². The summed E-state index contributed by atoms with van der Waals surface area (Å²) in [6, 6.07) is 5.70. The Morgan fingerprint density at radius 1 is 1.22 bits per heavy atom. The van der Waals surface area contributed by atoms with Crippen LogP contribution in [-0.4, -0.2) is 33.7 Å². The molecule has 1 aromatic rings. The van der Waals surface area contributed by atoms with Crippen LogP contribution in [0.3, 0.4) is 0 Å². The molecular formula is C14H18O4.